The minimum atomic E-state index is -0.174. The monoisotopic (exact) mass is 274 g/mol. The Bertz CT molecular complexity index is 501. The highest BCUT2D eigenvalue weighted by molar-refractivity contribution is 5.94. The number of nitrogens with one attached hydrogen (secondary N) is 2. The Kier molecular flexibility index (Phi) is 4.03. The molecule has 1 fully saturated rings. The second kappa shape index (κ2) is 5.94. The Balaban J connectivity index is 1.59. The number of amides is 1. The fourth-order valence-corrected chi connectivity index (χ4v) is 3.19. The number of aliphatic hydroxyl groups is 1. The van der Waals surface area contributed by atoms with E-state index in [-0.39, 0.29) is 12.0 Å². The molecule has 0 radical (unpaired) electrons. The molecule has 20 heavy (non-hydrogen) atoms. The van der Waals surface area contributed by atoms with Crippen molar-refractivity contribution in [1.82, 2.24) is 10.6 Å². The van der Waals surface area contributed by atoms with Gasteiger partial charge in [-0.15, -0.1) is 0 Å². The van der Waals surface area contributed by atoms with Crippen LogP contribution < -0.4 is 10.6 Å². The van der Waals surface area contributed by atoms with E-state index >= 15 is 0 Å². The van der Waals surface area contributed by atoms with Crippen molar-refractivity contribution in [3.8, 4) is 0 Å². The molecule has 2 atom stereocenters. The van der Waals surface area contributed by atoms with E-state index in [2.05, 4.69) is 16.7 Å². The van der Waals surface area contributed by atoms with Crippen molar-refractivity contribution in [2.75, 3.05) is 13.1 Å². The van der Waals surface area contributed by atoms with Gasteiger partial charge >= 0.3 is 0 Å². The number of fused-ring (bicyclic) bond motifs is 1. The molecule has 2 unspecified atom stereocenters. The molecule has 1 aliphatic heterocycles. The van der Waals surface area contributed by atoms with E-state index in [0.29, 0.717) is 12.5 Å². The first kappa shape index (κ1) is 13.6. The predicted molar refractivity (Wildman–Crippen MR) is 77.5 cm³/mol. The van der Waals surface area contributed by atoms with Crippen molar-refractivity contribution in [2.45, 2.75) is 38.3 Å². The molecule has 1 aromatic rings. The van der Waals surface area contributed by atoms with Crippen LogP contribution in [0.4, 0.5) is 0 Å². The van der Waals surface area contributed by atoms with Crippen molar-refractivity contribution in [3.05, 3.63) is 34.9 Å². The molecule has 3 rings (SSSR count). The fourth-order valence-electron chi connectivity index (χ4n) is 3.19. The number of carbonyl (C=O) groups is 1. The molecule has 4 heteroatoms. The van der Waals surface area contributed by atoms with E-state index in [1.54, 1.807) is 0 Å². The molecular weight excluding hydrogens is 252 g/mol. The van der Waals surface area contributed by atoms with Gasteiger partial charge in [0.05, 0.1) is 6.10 Å². The highest BCUT2D eigenvalue weighted by Gasteiger charge is 2.23. The molecule has 1 saturated carbocycles. The van der Waals surface area contributed by atoms with Crippen LogP contribution in [0.2, 0.25) is 0 Å². The predicted octanol–water partition coefficient (Wildman–Crippen LogP) is 1.22. The Morgan fingerprint density at radius 3 is 3.05 bits per heavy atom. The second-order valence-corrected chi connectivity index (χ2v) is 5.95. The summed E-state index contributed by atoms with van der Waals surface area (Å²) in [6, 6.07) is 5.99. The molecule has 0 bridgehead atoms. The third kappa shape index (κ3) is 3.02. The van der Waals surface area contributed by atoms with Gasteiger partial charge in [-0.3, -0.25) is 4.79 Å². The minimum Gasteiger partial charge on any atom is -0.393 e. The first-order valence-electron chi connectivity index (χ1n) is 7.51. The number of hydrogen-bond acceptors (Lipinski definition) is 3. The van der Waals surface area contributed by atoms with Gasteiger partial charge in [-0.05, 0) is 61.4 Å². The van der Waals surface area contributed by atoms with Gasteiger partial charge in [0.1, 0.15) is 0 Å². The summed E-state index contributed by atoms with van der Waals surface area (Å²) in [6.07, 6.45) is 3.55. The van der Waals surface area contributed by atoms with E-state index in [4.69, 9.17) is 0 Å². The van der Waals surface area contributed by atoms with Gasteiger partial charge in [0.15, 0.2) is 0 Å². The van der Waals surface area contributed by atoms with Crippen LogP contribution >= 0.6 is 0 Å². The lowest BCUT2D eigenvalue weighted by molar-refractivity contribution is 0.0945. The van der Waals surface area contributed by atoms with Gasteiger partial charge in [0.2, 0.25) is 0 Å². The zero-order chi connectivity index (χ0) is 13.9. The van der Waals surface area contributed by atoms with E-state index in [1.165, 1.54) is 11.1 Å². The van der Waals surface area contributed by atoms with Crippen LogP contribution in [0.5, 0.6) is 0 Å². The topological polar surface area (TPSA) is 61.4 Å². The van der Waals surface area contributed by atoms with Crippen molar-refractivity contribution in [1.29, 1.82) is 0 Å². The van der Waals surface area contributed by atoms with Gasteiger partial charge < -0.3 is 15.7 Å². The normalized spacial score (nSPS) is 25.2. The first-order valence-corrected chi connectivity index (χ1v) is 7.51. The lowest BCUT2D eigenvalue weighted by Gasteiger charge is -2.18. The van der Waals surface area contributed by atoms with Gasteiger partial charge in [-0.2, -0.15) is 0 Å². The molecule has 108 valence electrons. The number of benzene rings is 1. The maximum atomic E-state index is 12.2. The van der Waals surface area contributed by atoms with Gasteiger partial charge in [-0.1, -0.05) is 6.07 Å². The Morgan fingerprint density at radius 1 is 1.35 bits per heavy atom. The lowest BCUT2D eigenvalue weighted by atomic mass is 9.98. The molecule has 2 aliphatic rings. The van der Waals surface area contributed by atoms with Crippen LogP contribution in [0.1, 0.15) is 40.7 Å². The summed E-state index contributed by atoms with van der Waals surface area (Å²) in [6.45, 7) is 2.54. The summed E-state index contributed by atoms with van der Waals surface area (Å²) < 4.78 is 0. The largest absolute Gasteiger partial charge is 0.393 e. The molecule has 1 aliphatic carbocycles. The van der Waals surface area contributed by atoms with Crippen molar-refractivity contribution in [2.24, 2.45) is 5.92 Å². The molecule has 1 amide bonds. The summed E-state index contributed by atoms with van der Waals surface area (Å²) in [4.78, 5) is 12.2. The van der Waals surface area contributed by atoms with Gasteiger partial charge in [-0.25, -0.2) is 0 Å². The number of rotatable bonds is 3. The SMILES string of the molecule is O=C(NCC1CCC(O)C1)c1ccc2c(c1)CNCC2. The highest BCUT2D eigenvalue weighted by Crippen LogP contribution is 2.24. The van der Waals surface area contributed by atoms with Crippen LogP contribution in [-0.4, -0.2) is 30.2 Å². The van der Waals surface area contributed by atoms with Crippen LogP contribution in [-0.2, 0) is 13.0 Å². The quantitative estimate of drug-likeness (QED) is 0.777. The molecule has 0 aromatic heterocycles. The molecular formula is C16H22N2O2. The smallest absolute Gasteiger partial charge is 0.251 e. The van der Waals surface area contributed by atoms with E-state index in [0.717, 1.165) is 44.3 Å². The maximum Gasteiger partial charge on any atom is 0.251 e. The number of hydrogen-bond donors (Lipinski definition) is 3. The summed E-state index contributed by atoms with van der Waals surface area (Å²) >= 11 is 0. The van der Waals surface area contributed by atoms with Crippen LogP contribution in [0, 0.1) is 5.92 Å². The standard InChI is InChI=1S/C16H22N2O2/c19-15-4-1-11(7-15)9-18-16(20)13-3-2-12-5-6-17-10-14(12)8-13/h2-3,8,11,15,17,19H,1,4-7,9-10H2,(H,18,20). The zero-order valence-electron chi connectivity index (χ0n) is 11.7. The summed E-state index contributed by atoms with van der Waals surface area (Å²) in [5.41, 5.74) is 3.32. The Hall–Kier alpha value is -1.39. The van der Waals surface area contributed by atoms with Gasteiger partial charge in [0.25, 0.3) is 5.91 Å². The number of carbonyl (C=O) groups excluding carboxylic acids is 1. The average molecular weight is 274 g/mol. The second-order valence-electron chi connectivity index (χ2n) is 5.95. The lowest BCUT2D eigenvalue weighted by Crippen LogP contribution is -2.29. The van der Waals surface area contributed by atoms with Crippen molar-refractivity contribution in [3.63, 3.8) is 0 Å². The average Bonchev–Trinajstić information content (AvgIpc) is 2.90. The van der Waals surface area contributed by atoms with Crippen LogP contribution in [0.15, 0.2) is 18.2 Å². The molecule has 3 N–H and O–H groups in total. The Morgan fingerprint density at radius 2 is 2.25 bits per heavy atom. The molecule has 0 saturated heterocycles. The zero-order valence-corrected chi connectivity index (χ0v) is 11.7. The fraction of sp³-hybridized carbons (Fsp3) is 0.562. The maximum absolute atomic E-state index is 12.2. The third-order valence-corrected chi connectivity index (χ3v) is 4.42. The molecule has 0 spiro atoms. The third-order valence-electron chi connectivity index (χ3n) is 4.42. The number of aliphatic hydroxyl groups excluding tert-OH is 1. The van der Waals surface area contributed by atoms with E-state index < -0.39 is 0 Å². The minimum absolute atomic E-state index is 0.000219. The van der Waals surface area contributed by atoms with Crippen molar-refractivity contribution < 1.29 is 9.90 Å². The van der Waals surface area contributed by atoms with Crippen LogP contribution in [0.3, 0.4) is 0 Å². The van der Waals surface area contributed by atoms with Crippen LogP contribution in [0.25, 0.3) is 0 Å². The Labute approximate surface area is 119 Å². The van der Waals surface area contributed by atoms with Crippen molar-refractivity contribution >= 4 is 5.91 Å². The van der Waals surface area contributed by atoms with E-state index in [1.807, 2.05) is 12.1 Å². The van der Waals surface area contributed by atoms with Gasteiger partial charge in [0, 0.05) is 18.7 Å². The highest BCUT2D eigenvalue weighted by atomic mass is 16.3. The summed E-state index contributed by atoms with van der Waals surface area (Å²) in [5.74, 6) is 0.424. The molecule has 1 heterocycles. The first-order chi connectivity index (χ1) is 9.72. The summed E-state index contributed by atoms with van der Waals surface area (Å²) in [5, 5.41) is 15.8. The molecule has 4 nitrogen and oxygen atoms in total. The van der Waals surface area contributed by atoms with E-state index in [9.17, 15) is 9.90 Å². The summed E-state index contributed by atoms with van der Waals surface area (Å²) in [7, 11) is 0. The molecule has 1 aromatic carbocycles.